The van der Waals surface area contributed by atoms with Gasteiger partial charge in [-0.1, -0.05) is 6.07 Å². The Balaban J connectivity index is 2.99. The van der Waals surface area contributed by atoms with Crippen LogP contribution in [0.1, 0.15) is 5.56 Å². The number of halogens is 1. The fraction of sp³-hybridized carbons (Fsp3) is 0. The van der Waals surface area contributed by atoms with Crippen LogP contribution < -0.4 is 0 Å². The van der Waals surface area contributed by atoms with E-state index in [1.54, 1.807) is 6.07 Å². The van der Waals surface area contributed by atoms with Crippen molar-refractivity contribution < 1.29 is 9.50 Å². The summed E-state index contributed by atoms with van der Waals surface area (Å²) in [5.41, 5.74) is 0.548. The van der Waals surface area contributed by atoms with Gasteiger partial charge in [0.1, 0.15) is 0 Å². The molecule has 1 rings (SSSR count). The van der Waals surface area contributed by atoms with Gasteiger partial charge in [-0.2, -0.15) is 5.26 Å². The third kappa shape index (κ3) is 1.83. The van der Waals surface area contributed by atoms with Crippen molar-refractivity contribution in [3.05, 3.63) is 35.7 Å². The molecule has 12 heavy (non-hydrogen) atoms. The molecule has 0 aromatic heterocycles. The zero-order valence-electron chi connectivity index (χ0n) is 6.16. The number of nitrogens with zero attached hydrogens (tertiary/aromatic N) is 1. The van der Waals surface area contributed by atoms with Gasteiger partial charge in [-0.25, -0.2) is 4.39 Å². The Kier molecular flexibility index (Phi) is 2.44. The summed E-state index contributed by atoms with van der Waals surface area (Å²) >= 11 is 0. The average molecular weight is 163 g/mol. The Labute approximate surface area is 69.2 Å². The van der Waals surface area contributed by atoms with Crippen LogP contribution in [0.5, 0.6) is 5.75 Å². The van der Waals surface area contributed by atoms with Gasteiger partial charge in [-0.05, 0) is 23.8 Å². The first-order chi connectivity index (χ1) is 5.74. The number of nitriles is 1. The van der Waals surface area contributed by atoms with Crippen molar-refractivity contribution in [2.75, 3.05) is 0 Å². The molecule has 0 saturated carbocycles. The maximum absolute atomic E-state index is 12.6. The number of allylic oxidation sites excluding steroid dienone is 1. The van der Waals surface area contributed by atoms with Crippen LogP contribution in [0.2, 0.25) is 0 Å². The van der Waals surface area contributed by atoms with Gasteiger partial charge in [-0.3, -0.25) is 0 Å². The monoisotopic (exact) mass is 163 g/mol. The number of hydrogen-bond donors (Lipinski definition) is 1. The minimum absolute atomic E-state index is 0.385. The van der Waals surface area contributed by atoms with E-state index in [4.69, 9.17) is 10.4 Å². The first kappa shape index (κ1) is 8.28. The molecule has 0 bridgehead atoms. The molecule has 1 aromatic carbocycles. The molecule has 60 valence electrons. The molecule has 1 aromatic rings. The smallest absolute Gasteiger partial charge is 0.165 e. The first-order valence-electron chi connectivity index (χ1n) is 3.28. The van der Waals surface area contributed by atoms with Gasteiger partial charge in [0.25, 0.3) is 0 Å². The number of hydrogen-bond acceptors (Lipinski definition) is 2. The zero-order chi connectivity index (χ0) is 8.97. The van der Waals surface area contributed by atoms with Crippen LogP contribution in [-0.4, -0.2) is 5.11 Å². The Bertz CT molecular complexity index is 352. The summed E-state index contributed by atoms with van der Waals surface area (Å²) in [6.45, 7) is 0. The molecule has 2 nitrogen and oxygen atoms in total. The van der Waals surface area contributed by atoms with E-state index in [-0.39, 0.29) is 5.75 Å². The highest BCUT2D eigenvalue weighted by Crippen LogP contribution is 2.16. The number of rotatable bonds is 1. The normalized spacial score (nSPS) is 10.0. The van der Waals surface area contributed by atoms with Gasteiger partial charge in [0.2, 0.25) is 0 Å². The molecule has 0 aliphatic rings. The fourth-order valence-electron chi connectivity index (χ4n) is 0.760. The Morgan fingerprint density at radius 2 is 2.25 bits per heavy atom. The molecule has 0 saturated heterocycles. The Morgan fingerprint density at radius 1 is 1.50 bits per heavy atom. The summed E-state index contributed by atoms with van der Waals surface area (Å²) < 4.78 is 12.6. The molecule has 0 atom stereocenters. The van der Waals surface area contributed by atoms with Crippen molar-refractivity contribution in [3.63, 3.8) is 0 Å². The Hall–Kier alpha value is -1.82. The molecule has 0 spiro atoms. The van der Waals surface area contributed by atoms with E-state index < -0.39 is 5.82 Å². The lowest BCUT2D eigenvalue weighted by molar-refractivity contribution is 0.432. The Morgan fingerprint density at radius 3 is 2.83 bits per heavy atom. The summed E-state index contributed by atoms with van der Waals surface area (Å²) in [5, 5.41) is 17.0. The minimum atomic E-state index is -0.685. The van der Waals surface area contributed by atoms with Crippen LogP contribution in [0.4, 0.5) is 4.39 Å². The molecule has 0 heterocycles. The van der Waals surface area contributed by atoms with Crippen LogP contribution in [-0.2, 0) is 0 Å². The van der Waals surface area contributed by atoms with Crippen LogP contribution in [0.3, 0.4) is 0 Å². The molecule has 3 heteroatoms. The van der Waals surface area contributed by atoms with Crippen molar-refractivity contribution >= 4 is 6.08 Å². The zero-order valence-corrected chi connectivity index (χ0v) is 6.16. The van der Waals surface area contributed by atoms with E-state index >= 15 is 0 Å². The van der Waals surface area contributed by atoms with Crippen molar-refractivity contribution in [1.29, 1.82) is 5.26 Å². The second-order valence-corrected chi connectivity index (χ2v) is 2.17. The molecular weight excluding hydrogens is 157 g/mol. The summed E-state index contributed by atoms with van der Waals surface area (Å²) in [6, 6.07) is 5.70. The summed E-state index contributed by atoms with van der Waals surface area (Å²) in [7, 11) is 0. The summed E-state index contributed by atoms with van der Waals surface area (Å²) in [5.74, 6) is -1.07. The maximum Gasteiger partial charge on any atom is 0.165 e. The number of benzene rings is 1. The largest absolute Gasteiger partial charge is 0.505 e. The molecule has 0 aliphatic carbocycles. The van der Waals surface area contributed by atoms with Gasteiger partial charge in [0.15, 0.2) is 11.6 Å². The van der Waals surface area contributed by atoms with Gasteiger partial charge in [0, 0.05) is 6.08 Å². The molecule has 0 amide bonds. The van der Waals surface area contributed by atoms with Crippen molar-refractivity contribution in [2.45, 2.75) is 0 Å². The standard InChI is InChI=1S/C9H6FNO/c10-8-6-7(2-1-5-11)3-4-9(8)12/h1-4,6,12H/b2-1+. The molecule has 0 unspecified atom stereocenters. The lowest BCUT2D eigenvalue weighted by Gasteiger charge is -1.95. The van der Waals surface area contributed by atoms with E-state index in [1.807, 2.05) is 0 Å². The summed E-state index contributed by atoms with van der Waals surface area (Å²) in [6.07, 6.45) is 2.70. The van der Waals surface area contributed by atoms with Gasteiger partial charge in [0.05, 0.1) is 6.07 Å². The van der Waals surface area contributed by atoms with Crippen molar-refractivity contribution in [2.24, 2.45) is 0 Å². The van der Waals surface area contributed by atoms with Crippen LogP contribution in [0.15, 0.2) is 24.3 Å². The average Bonchev–Trinajstić information content (AvgIpc) is 2.07. The van der Waals surface area contributed by atoms with E-state index in [2.05, 4.69) is 0 Å². The van der Waals surface area contributed by atoms with Gasteiger partial charge < -0.3 is 5.11 Å². The third-order valence-corrected chi connectivity index (χ3v) is 1.32. The highest BCUT2D eigenvalue weighted by atomic mass is 19.1. The van der Waals surface area contributed by atoms with Crippen molar-refractivity contribution in [1.82, 2.24) is 0 Å². The van der Waals surface area contributed by atoms with E-state index in [9.17, 15) is 4.39 Å². The maximum atomic E-state index is 12.6. The van der Waals surface area contributed by atoms with Gasteiger partial charge in [-0.15, -0.1) is 0 Å². The topological polar surface area (TPSA) is 44.0 Å². The number of phenolic OH excluding ortho intramolecular Hbond substituents is 1. The lowest BCUT2D eigenvalue weighted by atomic mass is 10.2. The second-order valence-electron chi connectivity index (χ2n) is 2.17. The van der Waals surface area contributed by atoms with E-state index in [1.165, 1.54) is 24.3 Å². The summed E-state index contributed by atoms with van der Waals surface area (Å²) in [4.78, 5) is 0. The minimum Gasteiger partial charge on any atom is -0.505 e. The van der Waals surface area contributed by atoms with Crippen LogP contribution in [0, 0.1) is 17.1 Å². The molecule has 0 fully saturated rings. The SMILES string of the molecule is N#C/C=C/c1ccc(O)c(F)c1. The highest BCUT2D eigenvalue weighted by molar-refractivity contribution is 5.52. The quantitative estimate of drug-likeness (QED) is 0.644. The predicted octanol–water partition coefficient (Wildman–Crippen LogP) is 2.07. The van der Waals surface area contributed by atoms with E-state index in [0.29, 0.717) is 5.56 Å². The first-order valence-corrected chi connectivity index (χ1v) is 3.28. The molecule has 0 radical (unpaired) electrons. The van der Waals surface area contributed by atoms with Crippen LogP contribution >= 0.6 is 0 Å². The fourth-order valence-corrected chi connectivity index (χ4v) is 0.760. The molecule has 1 N–H and O–H groups in total. The number of aromatic hydroxyl groups is 1. The van der Waals surface area contributed by atoms with Crippen molar-refractivity contribution in [3.8, 4) is 11.8 Å². The lowest BCUT2D eigenvalue weighted by Crippen LogP contribution is -1.77. The van der Waals surface area contributed by atoms with E-state index in [0.717, 1.165) is 6.07 Å². The van der Waals surface area contributed by atoms with Gasteiger partial charge >= 0.3 is 0 Å². The third-order valence-electron chi connectivity index (χ3n) is 1.32. The van der Waals surface area contributed by atoms with Crippen LogP contribution in [0.25, 0.3) is 6.08 Å². The predicted molar refractivity (Wildman–Crippen MR) is 42.7 cm³/mol. The molecule has 0 aliphatic heterocycles. The second kappa shape index (κ2) is 3.54. The highest BCUT2D eigenvalue weighted by Gasteiger charge is 1.98. The number of phenols is 1. The molecular formula is C9H6FNO.